The number of phenols is 1. The molecule has 1 aromatic carbocycles. The highest BCUT2D eigenvalue weighted by Gasteiger charge is 2.53. The molecule has 2 heterocycles. The van der Waals surface area contributed by atoms with Crippen molar-refractivity contribution in [3.05, 3.63) is 40.6 Å². The van der Waals surface area contributed by atoms with Gasteiger partial charge < -0.3 is 15.5 Å². The van der Waals surface area contributed by atoms with Gasteiger partial charge >= 0.3 is 5.97 Å². The van der Waals surface area contributed by atoms with Gasteiger partial charge in [-0.15, -0.1) is 23.4 Å². The molecule has 0 aromatic heterocycles. The van der Waals surface area contributed by atoms with E-state index in [1.54, 1.807) is 13.0 Å². The molecule has 2 aliphatic heterocycles. The van der Waals surface area contributed by atoms with Crippen molar-refractivity contribution in [3.63, 3.8) is 0 Å². The number of aliphatic carboxylic acids is 1. The van der Waals surface area contributed by atoms with Gasteiger partial charge in [-0.3, -0.25) is 14.5 Å². The zero-order valence-electron chi connectivity index (χ0n) is 13.9. The van der Waals surface area contributed by atoms with Crippen LogP contribution in [0.2, 0.25) is 0 Å². The molecule has 1 aromatic rings. The van der Waals surface area contributed by atoms with Gasteiger partial charge in [0.05, 0.1) is 6.42 Å². The number of amides is 2. The monoisotopic (exact) mass is 396 g/mol. The van der Waals surface area contributed by atoms with E-state index in [0.29, 0.717) is 22.5 Å². The summed E-state index contributed by atoms with van der Waals surface area (Å²) >= 11 is 7.26. The number of carboxylic acid groups (broad SMARTS) is 1. The van der Waals surface area contributed by atoms with Crippen molar-refractivity contribution in [2.75, 3.05) is 5.75 Å². The molecule has 0 spiro atoms. The maximum absolute atomic E-state index is 12.4. The number of hydrogen-bond donors (Lipinski definition) is 3. The van der Waals surface area contributed by atoms with E-state index in [9.17, 15) is 24.6 Å². The lowest BCUT2D eigenvalue weighted by Crippen LogP contribution is -2.70. The molecular formula is C17H17ClN2O5S. The number of aromatic hydroxyl groups is 1. The van der Waals surface area contributed by atoms with Crippen molar-refractivity contribution in [3.8, 4) is 5.75 Å². The van der Waals surface area contributed by atoms with E-state index in [1.807, 2.05) is 0 Å². The van der Waals surface area contributed by atoms with E-state index in [0.717, 1.165) is 0 Å². The molecule has 3 rings (SSSR count). The van der Waals surface area contributed by atoms with Gasteiger partial charge in [0.2, 0.25) is 5.91 Å². The first kappa shape index (κ1) is 18.6. The summed E-state index contributed by atoms with van der Waals surface area (Å²) in [6.45, 7) is 1.68. The van der Waals surface area contributed by atoms with Crippen molar-refractivity contribution in [2.45, 2.75) is 30.6 Å². The normalized spacial score (nSPS) is 21.9. The lowest BCUT2D eigenvalue weighted by molar-refractivity contribution is -0.150. The Morgan fingerprint density at radius 3 is 2.77 bits per heavy atom. The molecule has 0 saturated carbocycles. The molecule has 0 radical (unpaired) electrons. The van der Waals surface area contributed by atoms with Crippen molar-refractivity contribution in [1.82, 2.24) is 10.2 Å². The Labute approximate surface area is 159 Å². The van der Waals surface area contributed by atoms with Crippen LogP contribution in [0.15, 0.2) is 29.5 Å². The van der Waals surface area contributed by atoms with Crippen molar-refractivity contribution < 1.29 is 24.6 Å². The van der Waals surface area contributed by atoms with Crippen LogP contribution in [0, 0.1) is 0 Å². The average Bonchev–Trinajstić information content (AvgIpc) is 2.60. The summed E-state index contributed by atoms with van der Waals surface area (Å²) in [6.07, 6.45) is 0.0180. The Morgan fingerprint density at radius 1 is 1.38 bits per heavy atom. The first-order chi connectivity index (χ1) is 12.3. The zero-order chi connectivity index (χ0) is 19.0. The molecule has 0 aliphatic carbocycles. The number of nitrogens with one attached hydrogen (secondary N) is 1. The van der Waals surface area contributed by atoms with E-state index in [1.165, 1.54) is 28.8 Å². The molecule has 138 valence electrons. The summed E-state index contributed by atoms with van der Waals surface area (Å²) in [7, 11) is 0. The van der Waals surface area contributed by atoms with E-state index >= 15 is 0 Å². The average molecular weight is 397 g/mol. The number of phenolic OH excluding ortho intramolecular Hbond substituents is 1. The Bertz CT molecular complexity index is 825. The maximum atomic E-state index is 12.4. The minimum Gasteiger partial charge on any atom is -0.508 e. The third-order valence-electron chi connectivity index (χ3n) is 4.36. The number of benzene rings is 1. The van der Waals surface area contributed by atoms with Crippen molar-refractivity contribution in [2.24, 2.45) is 0 Å². The first-order valence-corrected chi connectivity index (χ1v) is 9.45. The second-order valence-electron chi connectivity index (χ2n) is 6.15. The third kappa shape index (κ3) is 3.26. The quantitative estimate of drug-likeness (QED) is 0.513. The molecule has 9 heteroatoms. The molecule has 2 unspecified atom stereocenters. The third-order valence-corrected chi connectivity index (χ3v) is 6.07. The lowest BCUT2D eigenvalue weighted by Gasteiger charge is -2.49. The highest BCUT2D eigenvalue weighted by atomic mass is 35.5. The first-order valence-electron chi connectivity index (χ1n) is 7.87. The van der Waals surface area contributed by atoms with Gasteiger partial charge in [0.25, 0.3) is 5.91 Å². The molecule has 1 saturated heterocycles. The van der Waals surface area contributed by atoms with Crippen LogP contribution in [-0.2, 0) is 26.7 Å². The number of carbonyl (C=O) groups excluding carboxylic acids is 2. The molecule has 3 N–H and O–H groups in total. The molecule has 1 fully saturated rings. The SMILES string of the molecule is CC1=C(C(=O)O)N2C(=O)C(NC(=O)Cc3ccc(O)cc3CCl)C2SC1. The fourth-order valence-electron chi connectivity index (χ4n) is 3.08. The second-order valence-corrected chi connectivity index (χ2v) is 7.52. The van der Waals surface area contributed by atoms with Crippen molar-refractivity contribution >= 4 is 41.1 Å². The fourth-order valence-corrected chi connectivity index (χ4v) is 4.62. The topological polar surface area (TPSA) is 107 Å². The summed E-state index contributed by atoms with van der Waals surface area (Å²) in [6, 6.07) is 3.84. The minimum atomic E-state index is -1.14. The van der Waals surface area contributed by atoms with Crippen LogP contribution in [0.1, 0.15) is 18.1 Å². The molecule has 2 aliphatic rings. The fraction of sp³-hybridized carbons (Fsp3) is 0.353. The Hall–Kier alpha value is -2.19. The number of carbonyl (C=O) groups is 3. The van der Waals surface area contributed by atoms with E-state index < -0.39 is 23.3 Å². The highest BCUT2D eigenvalue weighted by molar-refractivity contribution is 8.00. The van der Waals surface area contributed by atoms with Crippen LogP contribution < -0.4 is 5.32 Å². The van der Waals surface area contributed by atoms with Crippen LogP contribution in [0.3, 0.4) is 0 Å². The van der Waals surface area contributed by atoms with Gasteiger partial charge in [0, 0.05) is 11.6 Å². The van der Waals surface area contributed by atoms with Gasteiger partial charge in [-0.2, -0.15) is 0 Å². The summed E-state index contributed by atoms with van der Waals surface area (Å²) in [5, 5.41) is 21.1. The molecule has 26 heavy (non-hydrogen) atoms. The van der Waals surface area contributed by atoms with Gasteiger partial charge in [0.15, 0.2) is 0 Å². The van der Waals surface area contributed by atoms with E-state index in [-0.39, 0.29) is 29.7 Å². The number of β-lactam (4-membered cyclic amide) rings is 1. The second kappa shape index (κ2) is 7.20. The predicted octanol–water partition coefficient (Wildman–Crippen LogP) is 1.43. The van der Waals surface area contributed by atoms with Crippen molar-refractivity contribution in [1.29, 1.82) is 0 Å². The predicted molar refractivity (Wildman–Crippen MR) is 96.7 cm³/mol. The van der Waals surface area contributed by atoms with E-state index in [4.69, 9.17) is 11.6 Å². The molecule has 2 amide bonds. The van der Waals surface area contributed by atoms with Crippen LogP contribution in [0.5, 0.6) is 5.75 Å². The Morgan fingerprint density at radius 2 is 2.12 bits per heavy atom. The van der Waals surface area contributed by atoms with Crippen LogP contribution >= 0.6 is 23.4 Å². The van der Waals surface area contributed by atoms with Gasteiger partial charge in [-0.1, -0.05) is 6.07 Å². The zero-order valence-corrected chi connectivity index (χ0v) is 15.4. The lowest BCUT2D eigenvalue weighted by atomic mass is 10.0. The van der Waals surface area contributed by atoms with Crippen LogP contribution in [-0.4, -0.2) is 50.1 Å². The number of thioether (sulfide) groups is 1. The molecule has 0 bridgehead atoms. The van der Waals surface area contributed by atoms with Gasteiger partial charge in [0.1, 0.15) is 22.9 Å². The number of alkyl halides is 1. The summed E-state index contributed by atoms with van der Waals surface area (Å²) in [5.41, 5.74) is 1.94. The maximum Gasteiger partial charge on any atom is 0.352 e. The van der Waals surface area contributed by atoms with Gasteiger partial charge in [-0.25, -0.2) is 4.79 Å². The summed E-state index contributed by atoms with van der Waals surface area (Å²) in [5.74, 6) is -1.20. The van der Waals surface area contributed by atoms with Crippen LogP contribution in [0.25, 0.3) is 0 Å². The largest absolute Gasteiger partial charge is 0.508 e. The Kier molecular flexibility index (Phi) is 5.15. The van der Waals surface area contributed by atoms with E-state index in [2.05, 4.69) is 5.32 Å². The Balaban J connectivity index is 1.69. The molecule has 2 atom stereocenters. The molecular weight excluding hydrogens is 380 g/mol. The number of carboxylic acids is 1. The number of hydrogen-bond acceptors (Lipinski definition) is 5. The molecule has 7 nitrogen and oxygen atoms in total. The number of nitrogens with zero attached hydrogens (tertiary/aromatic N) is 1. The standard InChI is InChI=1S/C17H17ClN2O5S/c1-8-7-26-16-13(15(23)20(16)14(8)17(24)25)19-12(22)5-9-2-3-11(21)4-10(9)6-18/h2-4,13,16,21H,5-7H2,1H3,(H,19,22)(H,24,25). The minimum absolute atomic E-state index is 0.00668. The van der Waals surface area contributed by atoms with Gasteiger partial charge in [-0.05, 0) is 35.8 Å². The number of rotatable bonds is 5. The summed E-state index contributed by atoms with van der Waals surface area (Å²) in [4.78, 5) is 37.3. The number of halogens is 1. The number of fused-ring (bicyclic) bond motifs is 1. The van der Waals surface area contributed by atoms with Crippen LogP contribution in [0.4, 0.5) is 0 Å². The summed E-state index contributed by atoms with van der Waals surface area (Å²) < 4.78 is 0. The smallest absolute Gasteiger partial charge is 0.352 e. The highest BCUT2D eigenvalue weighted by Crippen LogP contribution is 2.40.